The molecule has 0 N–H and O–H groups in total. The lowest BCUT2D eigenvalue weighted by atomic mass is 10.1. The van der Waals surface area contributed by atoms with Crippen molar-refractivity contribution >= 4 is 0 Å². The van der Waals surface area contributed by atoms with E-state index in [2.05, 4.69) is 51.2 Å². The maximum absolute atomic E-state index is 5.93. The number of aryl methyl sites for hydroxylation is 1. The summed E-state index contributed by atoms with van der Waals surface area (Å²) in [5, 5.41) is 4.74. The first-order chi connectivity index (χ1) is 12.2. The summed E-state index contributed by atoms with van der Waals surface area (Å²) in [7, 11) is 2.12. The van der Waals surface area contributed by atoms with Gasteiger partial charge in [0.1, 0.15) is 6.61 Å². The van der Waals surface area contributed by atoms with Gasteiger partial charge in [-0.2, -0.15) is 5.10 Å². The molecule has 0 saturated heterocycles. The molecule has 1 aromatic carbocycles. The average Bonchev–Trinajstić information content (AvgIpc) is 2.85. The number of hydrogen-bond acceptors (Lipinski definition) is 4. The van der Waals surface area contributed by atoms with Gasteiger partial charge >= 0.3 is 0 Å². The number of rotatable bonds is 8. The van der Waals surface area contributed by atoms with Crippen LogP contribution in [0.4, 0.5) is 0 Å². The number of likely N-dealkylation sites (N-methyl/N-ethyl adjacent to an activating group) is 1. The minimum atomic E-state index is -0.00222. The van der Waals surface area contributed by atoms with Crippen LogP contribution in [0.2, 0.25) is 0 Å². The third-order valence-electron chi connectivity index (χ3n) is 4.38. The molecule has 1 heterocycles. The summed E-state index contributed by atoms with van der Waals surface area (Å²) >= 11 is 0. The fraction of sp³-hybridized carbons (Fsp3) is 0.571. The van der Waals surface area contributed by atoms with E-state index in [1.54, 1.807) is 0 Å². The summed E-state index contributed by atoms with van der Waals surface area (Å²) in [6, 6.07) is 7.82. The Hall–Kier alpha value is -2.01. The van der Waals surface area contributed by atoms with Crippen molar-refractivity contribution in [3.05, 3.63) is 41.2 Å². The molecule has 0 atom stereocenters. The topological polar surface area (TPSA) is 39.5 Å². The molecule has 0 aliphatic carbocycles. The Kier molecular flexibility index (Phi) is 6.70. The molecule has 5 heteroatoms. The molecule has 0 saturated carbocycles. The molecule has 26 heavy (non-hydrogen) atoms. The zero-order valence-corrected chi connectivity index (χ0v) is 17.3. The van der Waals surface area contributed by atoms with Crippen molar-refractivity contribution in [2.75, 3.05) is 26.8 Å². The molecular formula is C21H33N3O2. The average molecular weight is 360 g/mol. The zero-order valence-electron chi connectivity index (χ0n) is 17.3. The van der Waals surface area contributed by atoms with Crippen LogP contribution in [0.3, 0.4) is 0 Å². The molecule has 2 aromatic rings. The minimum absolute atomic E-state index is 0.00222. The van der Waals surface area contributed by atoms with Gasteiger partial charge in [0, 0.05) is 24.3 Å². The van der Waals surface area contributed by atoms with E-state index >= 15 is 0 Å². The molecule has 1 aromatic heterocycles. The Bertz CT molecular complexity index is 717. The van der Waals surface area contributed by atoms with Crippen molar-refractivity contribution in [1.82, 2.24) is 14.7 Å². The van der Waals surface area contributed by atoms with Gasteiger partial charge in [-0.1, -0.05) is 12.1 Å². The minimum Gasteiger partial charge on any atom is -0.490 e. The first-order valence-electron chi connectivity index (χ1n) is 9.32. The molecule has 0 aliphatic heterocycles. The largest absolute Gasteiger partial charge is 0.490 e. The van der Waals surface area contributed by atoms with E-state index in [9.17, 15) is 0 Å². The summed E-state index contributed by atoms with van der Waals surface area (Å²) in [4.78, 5) is 2.27. The number of para-hydroxylation sites is 2. The van der Waals surface area contributed by atoms with Gasteiger partial charge in [-0.05, 0) is 60.7 Å². The van der Waals surface area contributed by atoms with Gasteiger partial charge in [0.15, 0.2) is 11.5 Å². The fourth-order valence-electron chi connectivity index (χ4n) is 3.06. The summed E-state index contributed by atoms with van der Waals surface area (Å²) in [6.07, 6.45) is 0. The third kappa shape index (κ3) is 5.01. The monoisotopic (exact) mass is 359 g/mol. The van der Waals surface area contributed by atoms with Crippen molar-refractivity contribution in [3.8, 4) is 11.5 Å². The molecule has 0 radical (unpaired) electrons. The first kappa shape index (κ1) is 20.3. The molecule has 144 valence electrons. The number of hydrogen-bond donors (Lipinski definition) is 0. The lowest BCUT2D eigenvalue weighted by molar-refractivity contribution is 0.222. The zero-order chi connectivity index (χ0) is 19.3. The normalized spacial score (nSPS) is 11.8. The lowest BCUT2D eigenvalue weighted by Crippen LogP contribution is -2.26. The Morgan fingerprint density at radius 3 is 2.23 bits per heavy atom. The van der Waals surface area contributed by atoms with Crippen molar-refractivity contribution < 1.29 is 9.47 Å². The summed E-state index contributed by atoms with van der Waals surface area (Å²) in [6.45, 7) is 15.7. The predicted molar refractivity (Wildman–Crippen MR) is 106 cm³/mol. The highest BCUT2D eigenvalue weighted by atomic mass is 16.5. The van der Waals surface area contributed by atoms with Crippen LogP contribution in [0.25, 0.3) is 0 Å². The van der Waals surface area contributed by atoms with Gasteiger partial charge in [0.25, 0.3) is 0 Å². The molecule has 0 unspecified atom stereocenters. The Balaban J connectivity index is 1.94. The second kappa shape index (κ2) is 8.58. The van der Waals surface area contributed by atoms with E-state index in [1.165, 1.54) is 11.3 Å². The van der Waals surface area contributed by atoms with Gasteiger partial charge in [0.2, 0.25) is 0 Å². The smallest absolute Gasteiger partial charge is 0.161 e. The molecule has 0 spiro atoms. The van der Waals surface area contributed by atoms with Crippen LogP contribution in [0, 0.1) is 13.8 Å². The Morgan fingerprint density at radius 1 is 1.08 bits per heavy atom. The van der Waals surface area contributed by atoms with Crippen LogP contribution in [0.1, 0.15) is 44.6 Å². The maximum atomic E-state index is 5.93. The van der Waals surface area contributed by atoms with Crippen molar-refractivity contribution in [3.63, 3.8) is 0 Å². The number of nitrogens with zero attached hydrogens (tertiary/aromatic N) is 3. The molecule has 5 nitrogen and oxygen atoms in total. The Labute approximate surface area is 157 Å². The van der Waals surface area contributed by atoms with E-state index in [0.717, 1.165) is 30.3 Å². The number of benzene rings is 1. The molecule has 2 rings (SSSR count). The van der Waals surface area contributed by atoms with Gasteiger partial charge in [-0.25, -0.2) is 0 Å². The molecule has 0 aliphatic rings. The van der Waals surface area contributed by atoms with Crippen molar-refractivity contribution in [2.24, 2.45) is 0 Å². The van der Waals surface area contributed by atoms with Crippen LogP contribution in [-0.2, 0) is 12.1 Å². The maximum Gasteiger partial charge on any atom is 0.161 e. The summed E-state index contributed by atoms with van der Waals surface area (Å²) in [5.74, 6) is 1.60. The van der Waals surface area contributed by atoms with Crippen LogP contribution in [0.5, 0.6) is 11.5 Å². The number of ether oxygens (including phenoxy) is 2. The molecule has 0 amide bonds. The SMILES string of the molecule is CCOc1ccccc1OCCN(C)Cc1c(C)nn(C(C)(C)C)c1C. The van der Waals surface area contributed by atoms with Crippen LogP contribution >= 0.6 is 0 Å². The van der Waals surface area contributed by atoms with Crippen LogP contribution < -0.4 is 9.47 Å². The highest BCUT2D eigenvalue weighted by Crippen LogP contribution is 2.26. The van der Waals surface area contributed by atoms with Crippen molar-refractivity contribution in [2.45, 2.75) is 53.6 Å². The second-order valence-electron chi connectivity index (χ2n) is 7.70. The van der Waals surface area contributed by atoms with Crippen LogP contribution in [-0.4, -0.2) is 41.5 Å². The standard InChI is InChI=1S/C21H33N3O2/c1-8-25-19-11-9-10-12-20(19)26-14-13-23(7)15-18-16(2)22-24(17(18)3)21(4,5)6/h9-12H,8,13-15H2,1-7H3. The second-order valence-corrected chi connectivity index (χ2v) is 7.70. The van der Waals surface area contributed by atoms with E-state index < -0.39 is 0 Å². The number of aromatic nitrogens is 2. The van der Waals surface area contributed by atoms with E-state index in [-0.39, 0.29) is 5.54 Å². The summed E-state index contributed by atoms with van der Waals surface area (Å²) in [5.41, 5.74) is 3.64. The molecular weight excluding hydrogens is 326 g/mol. The van der Waals surface area contributed by atoms with Gasteiger partial charge in [-0.3, -0.25) is 9.58 Å². The highest BCUT2D eigenvalue weighted by Gasteiger charge is 2.21. The quantitative estimate of drug-likeness (QED) is 0.709. The molecule has 0 bridgehead atoms. The van der Waals surface area contributed by atoms with Gasteiger partial charge in [-0.15, -0.1) is 0 Å². The van der Waals surface area contributed by atoms with E-state index in [4.69, 9.17) is 14.6 Å². The van der Waals surface area contributed by atoms with Crippen molar-refractivity contribution in [1.29, 1.82) is 0 Å². The van der Waals surface area contributed by atoms with Crippen LogP contribution in [0.15, 0.2) is 24.3 Å². The Morgan fingerprint density at radius 2 is 1.69 bits per heavy atom. The highest BCUT2D eigenvalue weighted by molar-refractivity contribution is 5.39. The van der Waals surface area contributed by atoms with Gasteiger partial charge in [0.05, 0.1) is 17.8 Å². The van der Waals surface area contributed by atoms with E-state index in [0.29, 0.717) is 13.2 Å². The predicted octanol–water partition coefficient (Wildman–Crippen LogP) is 4.16. The van der Waals surface area contributed by atoms with Gasteiger partial charge < -0.3 is 9.47 Å². The molecule has 0 fully saturated rings. The first-order valence-corrected chi connectivity index (χ1v) is 9.32. The third-order valence-corrected chi connectivity index (χ3v) is 4.38. The van der Waals surface area contributed by atoms with E-state index in [1.807, 2.05) is 31.2 Å². The summed E-state index contributed by atoms with van der Waals surface area (Å²) < 4.78 is 13.7. The fourth-order valence-corrected chi connectivity index (χ4v) is 3.06. The lowest BCUT2D eigenvalue weighted by Gasteiger charge is -2.22.